The molecule has 1 heterocycles. The summed E-state index contributed by atoms with van der Waals surface area (Å²) in [7, 11) is 0. The largest absolute Gasteiger partial charge is 0.348 e. The molecule has 1 fully saturated rings. The van der Waals surface area contributed by atoms with Gasteiger partial charge in [-0.3, -0.25) is 14.2 Å². The third-order valence-electron chi connectivity index (χ3n) is 4.37. The van der Waals surface area contributed by atoms with Gasteiger partial charge in [0, 0.05) is 6.54 Å². The van der Waals surface area contributed by atoms with E-state index in [9.17, 15) is 9.59 Å². The Labute approximate surface area is 128 Å². The lowest BCUT2D eigenvalue weighted by molar-refractivity contribution is -0.123. The van der Waals surface area contributed by atoms with E-state index in [4.69, 9.17) is 5.73 Å². The molecule has 1 unspecified atom stereocenters. The van der Waals surface area contributed by atoms with Gasteiger partial charge >= 0.3 is 0 Å². The Balaban J connectivity index is 1.79. The maximum atomic E-state index is 12.4. The van der Waals surface area contributed by atoms with Crippen molar-refractivity contribution in [1.82, 2.24) is 14.9 Å². The normalized spacial score (nSPS) is 17.2. The second-order valence-corrected chi connectivity index (χ2v) is 6.14. The topological polar surface area (TPSA) is 90.0 Å². The predicted molar refractivity (Wildman–Crippen MR) is 84.3 cm³/mol. The van der Waals surface area contributed by atoms with Crippen molar-refractivity contribution in [3.05, 3.63) is 40.9 Å². The minimum atomic E-state index is -0.384. The van der Waals surface area contributed by atoms with Crippen LogP contribution in [-0.4, -0.2) is 27.5 Å². The summed E-state index contributed by atoms with van der Waals surface area (Å²) in [4.78, 5) is 28.8. The van der Waals surface area contributed by atoms with Crippen molar-refractivity contribution < 1.29 is 4.79 Å². The molecule has 1 atom stereocenters. The Morgan fingerprint density at radius 2 is 2.18 bits per heavy atom. The van der Waals surface area contributed by atoms with Gasteiger partial charge in [0.1, 0.15) is 6.54 Å². The van der Waals surface area contributed by atoms with Gasteiger partial charge in [0.2, 0.25) is 5.91 Å². The molecule has 116 valence electrons. The second-order valence-electron chi connectivity index (χ2n) is 6.14. The molecular weight excluding hydrogens is 280 g/mol. The Morgan fingerprint density at radius 1 is 1.45 bits per heavy atom. The van der Waals surface area contributed by atoms with Crippen LogP contribution in [-0.2, 0) is 11.3 Å². The van der Waals surface area contributed by atoms with Crippen LogP contribution in [0.4, 0.5) is 0 Å². The highest BCUT2D eigenvalue weighted by atomic mass is 16.2. The van der Waals surface area contributed by atoms with Gasteiger partial charge in [-0.2, -0.15) is 0 Å². The summed E-state index contributed by atoms with van der Waals surface area (Å²) in [5.74, 6) is 0.229. The molecule has 6 heteroatoms. The average molecular weight is 300 g/mol. The number of nitrogens with zero attached hydrogens (tertiary/aromatic N) is 2. The van der Waals surface area contributed by atoms with Crippen LogP contribution >= 0.6 is 0 Å². The highest BCUT2D eigenvalue weighted by Gasteiger charge is 2.41. The molecule has 0 spiro atoms. The number of benzene rings is 1. The zero-order chi connectivity index (χ0) is 15.7. The van der Waals surface area contributed by atoms with Crippen molar-refractivity contribution in [2.75, 3.05) is 6.54 Å². The standard InChI is InChI=1S/C16H20N4O2/c1-16(9-17,11-6-7-11)19-14(21)8-20-10-18-13-5-3-2-4-12(13)15(20)22/h2-5,10-11H,6-9,17H2,1H3,(H,19,21). The molecule has 2 aromatic rings. The second kappa shape index (κ2) is 5.53. The molecule has 1 amide bonds. The first-order chi connectivity index (χ1) is 10.5. The molecule has 1 aliphatic carbocycles. The molecule has 6 nitrogen and oxygen atoms in total. The summed E-state index contributed by atoms with van der Waals surface area (Å²) in [6.45, 7) is 2.32. The number of hydrogen-bond donors (Lipinski definition) is 2. The van der Waals surface area contributed by atoms with E-state index >= 15 is 0 Å². The van der Waals surface area contributed by atoms with Crippen molar-refractivity contribution in [3.63, 3.8) is 0 Å². The number of carbonyl (C=O) groups is 1. The van der Waals surface area contributed by atoms with Gasteiger partial charge in [-0.05, 0) is 37.8 Å². The lowest BCUT2D eigenvalue weighted by Crippen LogP contribution is -2.54. The van der Waals surface area contributed by atoms with Crippen LogP contribution in [0.2, 0.25) is 0 Å². The van der Waals surface area contributed by atoms with E-state index in [2.05, 4.69) is 10.3 Å². The van der Waals surface area contributed by atoms with Crippen molar-refractivity contribution in [2.24, 2.45) is 11.7 Å². The van der Waals surface area contributed by atoms with E-state index in [-0.39, 0.29) is 23.6 Å². The van der Waals surface area contributed by atoms with Crippen molar-refractivity contribution in [1.29, 1.82) is 0 Å². The third-order valence-corrected chi connectivity index (χ3v) is 4.37. The molecule has 0 bridgehead atoms. The van der Waals surface area contributed by atoms with Crippen LogP contribution < -0.4 is 16.6 Å². The molecule has 1 aliphatic rings. The van der Waals surface area contributed by atoms with E-state index in [1.165, 1.54) is 10.9 Å². The van der Waals surface area contributed by atoms with Gasteiger partial charge in [0.15, 0.2) is 0 Å². The van der Waals surface area contributed by atoms with Crippen molar-refractivity contribution in [2.45, 2.75) is 31.8 Å². The van der Waals surface area contributed by atoms with Crippen LogP contribution in [0.5, 0.6) is 0 Å². The number of para-hydroxylation sites is 1. The first kappa shape index (κ1) is 14.7. The number of fused-ring (bicyclic) bond motifs is 1. The molecule has 0 radical (unpaired) electrons. The first-order valence-corrected chi connectivity index (χ1v) is 7.49. The van der Waals surface area contributed by atoms with Gasteiger partial charge in [-0.15, -0.1) is 0 Å². The monoisotopic (exact) mass is 300 g/mol. The van der Waals surface area contributed by atoms with E-state index in [0.717, 1.165) is 12.8 Å². The Morgan fingerprint density at radius 3 is 2.86 bits per heavy atom. The van der Waals surface area contributed by atoms with Gasteiger partial charge in [0.05, 0.1) is 22.8 Å². The molecule has 1 aromatic heterocycles. The average Bonchev–Trinajstić information content (AvgIpc) is 3.35. The molecule has 3 rings (SSSR count). The SMILES string of the molecule is CC(CN)(NC(=O)Cn1cnc2ccccc2c1=O)C1CC1. The van der Waals surface area contributed by atoms with Crippen molar-refractivity contribution >= 4 is 16.8 Å². The Kier molecular flexibility index (Phi) is 3.70. The van der Waals surface area contributed by atoms with Crippen LogP contribution in [0.3, 0.4) is 0 Å². The molecule has 1 saturated carbocycles. The van der Waals surface area contributed by atoms with Crippen LogP contribution in [0.15, 0.2) is 35.4 Å². The van der Waals surface area contributed by atoms with E-state index in [0.29, 0.717) is 23.4 Å². The van der Waals surface area contributed by atoms with E-state index in [1.54, 1.807) is 18.2 Å². The van der Waals surface area contributed by atoms with E-state index < -0.39 is 0 Å². The minimum absolute atomic E-state index is 0.0427. The highest BCUT2D eigenvalue weighted by Crippen LogP contribution is 2.38. The number of nitrogens with one attached hydrogen (secondary N) is 1. The molecule has 0 saturated heterocycles. The first-order valence-electron chi connectivity index (χ1n) is 7.49. The highest BCUT2D eigenvalue weighted by molar-refractivity contribution is 5.79. The summed E-state index contributed by atoms with van der Waals surface area (Å²) in [6, 6.07) is 7.11. The molecule has 22 heavy (non-hydrogen) atoms. The maximum Gasteiger partial charge on any atom is 0.261 e. The summed E-state index contributed by atoms with van der Waals surface area (Å²) >= 11 is 0. The zero-order valence-electron chi connectivity index (χ0n) is 12.6. The van der Waals surface area contributed by atoms with Gasteiger partial charge in [0.25, 0.3) is 5.56 Å². The number of rotatable bonds is 5. The van der Waals surface area contributed by atoms with Gasteiger partial charge < -0.3 is 11.1 Å². The third kappa shape index (κ3) is 2.74. The predicted octanol–water partition coefficient (Wildman–Crippen LogP) is 0.640. The maximum absolute atomic E-state index is 12.4. The quantitative estimate of drug-likeness (QED) is 0.848. The lowest BCUT2D eigenvalue weighted by atomic mass is 9.96. The summed E-state index contributed by atoms with van der Waals surface area (Å²) < 4.78 is 1.33. The number of hydrogen-bond acceptors (Lipinski definition) is 4. The van der Waals surface area contributed by atoms with Crippen LogP contribution in [0.25, 0.3) is 10.9 Å². The molecule has 3 N–H and O–H groups in total. The molecule has 0 aliphatic heterocycles. The summed E-state index contributed by atoms with van der Waals surface area (Å²) in [5, 5.41) is 3.49. The van der Waals surface area contributed by atoms with Gasteiger partial charge in [-0.1, -0.05) is 12.1 Å². The van der Waals surface area contributed by atoms with Crippen molar-refractivity contribution in [3.8, 4) is 0 Å². The number of amides is 1. The zero-order valence-corrected chi connectivity index (χ0v) is 12.6. The Bertz CT molecular complexity index is 766. The fourth-order valence-electron chi connectivity index (χ4n) is 2.77. The number of aromatic nitrogens is 2. The van der Waals surface area contributed by atoms with Gasteiger partial charge in [-0.25, -0.2) is 4.98 Å². The van der Waals surface area contributed by atoms with Crippen LogP contribution in [0.1, 0.15) is 19.8 Å². The smallest absolute Gasteiger partial charge is 0.261 e. The summed E-state index contributed by atoms with van der Waals surface area (Å²) in [6.07, 6.45) is 3.60. The summed E-state index contributed by atoms with van der Waals surface area (Å²) in [5.41, 5.74) is 5.84. The fourth-order valence-corrected chi connectivity index (χ4v) is 2.77. The van der Waals surface area contributed by atoms with Crippen LogP contribution in [0, 0.1) is 5.92 Å². The Hall–Kier alpha value is -2.21. The minimum Gasteiger partial charge on any atom is -0.348 e. The van der Waals surface area contributed by atoms with E-state index in [1.807, 2.05) is 13.0 Å². The number of nitrogens with two attached hydrogens (primary N) is 1. The molecule has 1 aromatic carbocycles. The molecular formula is C16H20N4O2. The fraction of sp³-hybridized carbons (Fsp3) is 0.438. The number of carbonyl (C=O) groups excluding carboxylic acids is 1. The lowest BCUT2D eigenvalue weighted by Gasteiger charge is -2.29.